The Bertz CT molecular complexity index is 134. The van der Waals surface area contributed by atoms with Gasteiger partial charge < -0.3 is 15.6 Å². The largest absolute Gasteiger partial charge is 0.389 e. The first-order chi connectivity index (χ1) is 5.58. The van der Waals surface area contributed by atoms with Crippen LogP contribution < -0.4 is 5.73 Å². The van der Waals surface area contributed by atoms with Gasteiger partial charge in [0.2, 0.25) is 0 Å². The van der Waals surface area contributed by atoms with Crippen LogP contribution in [-0.2, 0) is 4.79 Å². The minimum Gasteiger partial charge on any atom is -0.389 e. The molecule has 0 aliphatic carbocycles. The average Bonchev–Trinajstić information content (AvgIpc) is 1.99. The molecule has 0 bridgehead atoms. The van der Waals surface area contributed by atoms with Gasteiger partial charge in [-0.05, 0) is 19.9 Å². The van der Waals surface area contributed by atoms with E-state index in [1.807, 2.05) is 6.92 Å². The van der Waals surface area contributed by atoms with Gasteiger partial charge in [-0.1, -0.05) is 13.3 Å². The van der Waals surface area contributed by atoms with Crippen molar-refractivity contribution < 1.29 is 9.90 Å². The average molecular weight is 173 g/mol. The third-order valence-electron chi connectivity index (χ3n) is 2.30. The first-order valence-corrected chi connectivity index (χ1v) is 4.44. The molecule has 12 heavy (non-hydrogen) atoms. The molecular weight excluding hydrogens is 154 g/mol. The van der Waals surface area contributed by atoms with E-state index in [4.69, 9.17) is 5.73 Å². The van der Waals surface area contributed by atoms with Gasteiger partial charge in [-0.2, -0.15) is 0 Å². The number of carbonyl (C=O) groups is 1. The maximum atomic E-state index is 10.2. The van der Waals surface area contributed by atoms with E-state index in [1.54, 1.807) is 6.92 Å². The van der Waals surface area contributed by atoms with Gasteiger partial charge in [0.25, 0.3) is 0 Å². The lowest BCUT2D eigenvalue weighted by atomic mass is 9.84. The van der Waals surface area contributed by atoms with E-state index in [0.717, 1.165) is 19.1 Å². The lowest BCUT2D eigenvalue weighted by Gasteiger charge is -2.30. The highest BCUT2D eigenvalue weighted by molar-refractivity contribution is 5.51. The summed E-state index contributed by atoms with van der Waals surface area (Å²) in [4.78, 5) is 10.2. The molecular formula is C9H19NO2. The quantitative estimate of drug-likeness (QED) is 0.581. The summed E-state index contributed by atoms with van der Waals surface area (Å²) in [6.07, 6.45) is 2.78. The molecule has 0 spiro atoms. The molecule has 0 radical (unpaired) electrons. The zero-order chi connectivity index (χ0) is 9.61. The molecule has 0 saturated heterocycles. The fourth-order valence-electron chi connectivity index (χ4n) is 1.37. The van der Waals surface area contributed by atoms with Gasteiger partial charge in [0.1, 0.15) is 6.29 Å². The zero-order valence-electron chi connectivity index (χ0n) is 7.92. The van der Waals surface area contributed by atoms with Gasteiger partial charge >= 0.3 is 0 Å². The van der Waals surface area contributed by atoms with E-state index in [9.17, 15) is 9.90 Å². The number of hydrogen-bond donors (Lipinski definition) is 2. The number of hydrogen-bond acceptors (Lipinski definition) is 3. The molecule has 0 fully saturated rings. The Balaban J connectivity index is 4.14. The Morgan fingerprint density at radius 1 is 1.67 bits per heavy atom. The van der Waals surface area contributed by atoms with Crippen molar-refractivity contribution in [1.29, 1.82) is 0 Å². The number of nitrogens with two attached hydrogens (primary N) is 1. The molecule has 0 aromatic heterocycles. The first kappa shape index (κ1) is 11.6. The van der Waals surface area contributed by atoms with E-state index >= 15 is 0 Å². The van der Waals surface area contributed by atoms with Crippen molar-refractivity contribution in [3.8, 4) is 0 Å². The van der Waals surface area contributed by atoms with Crippen molar-refractivity contribution in [2.45, 2.75) is 38.7 Å². The standard InChI is InChI=1S/C9H19NO2/c1-3-4-8(7-10)9(2,12)5-6-11/h6,8,12H,3-5,7,10H2,1-2H3. The number of carbonyl (C=O) groups excluding carboxylic acids is 1. The molecule has 0 saturated carbocycles. The number of rotatable bonds is 6. The monoisotopic (exact) mass is 173 g/mol. The van der Waals surface area contributed by atoms with Crippen molar-refractivity contribution in [2.75, 3.05) is 6.54 Å². The molecule has 0 aliphatic heterocycles. The fourth-order valence-corrected chi connectivity index (χ4v) is 1.37. The van der Waals surface area contributed by atoms with E-state index in [-0.39, 0.29) is 12.3 Å². The van der Waals surface area contributed by atoms with Crippen LogP contribution in [0.15, 0.2) is 0 Å². The van der Waals surface area contributed by atoms with Crippen molar-refractivity contribution in [3.05, 3.63) is 0 Å². The highest BCUT2D eigenvalue weighted by Crippen LogP contribution is 2.23. The molecule has 0 aromatic carbocycles. The number of aldehydes is 1. The van der Waals surface area contributed by atoms with E-state index < -0.39 is 5.60 Å². The van der Waals surface area contributed by atoms with Crippen LogP contribution >= 0.6 is 0 Å². The van der Waals surface area contributed by atoms with E-state index in [2.05, 4.69) is 0 Å². The maximum absolute atomic E-state index is 10.2. The second-order valence-electron chi connectivity index (χ2n) is 3.45. The van der Waals surface area contributed by atoms with Crippen LogP contribution in [0, 0.1) is 5.92 Å². The van der Waals surface area contributed by atoms with Crippen molar-refractivity contribution >= 4 is 6.29 Å². The topological polar surface area (TPSA) is 63.3 Å². The fraction of sp³-hybridized carbons (Fsp3) is 0.889. The molecule has 0 rings (SSSR count). The van der Waals surface area contributed by atoms with Crippen molar-refractivity contribution in [1.82, 2.24) is 0 Å². The van der Waals surface area contributed by atoms with Gasteiger partial charge in [-0.15, -0.1) is 0 Å². The van der Waals surface area contributed by atoms with E-state index in [0.29, 0.717) is 6.54 Å². The van der Waals surface area contributed by atoms with Crippen LogP contribution in [0.5, 0.6) is 0 Å². The predicted octanol–water partition coefficient (Wildman–Crippen LogP) is 0.701. The molecule has 2 atom stereocenters. The predicted molar refractivity (Wildman–Crippen MR) is 48.8 cm³/mol. The lowest BCUT2D eigenvalue weighted by Crippen LogP contribution is -2.39. The van der Waals surface area contributed by atoms with Crippen molar-refractivity contribution in [3.63, 3.8) is 0 Å². The number of aliphatic hydroxyl groups is 1. The van der Waals surface area contributed by atoms with Crippen LogP contribution in [0.4, 0.5) is 0 Å². The highest BCUT2D eigenvalue weighted by Gasteiger charge is 2.29. The Morgan fingerprint density at radius 2 is 2.25 bits per heavy atom. The SMILES string of the molecule is CCCC(CN)C(C)(O)CC=O. The molecule has 3 N–H and O–H groups in total. The third kappa shape index (κ3) is 3.32. The zero-order valence-corrected chi connectivity index (χ0v) is 7.92. The summed E-state index contributed by atoms with van der Waals surface area (Å²) in [5.74, 6) is 0.0349. The Labute approximate surface area is 74.0 Å². The van der Waals surface area contributed by atoms with Gasteiger partial charge in [-0.25, -0.2) is 0 Å². The third-order valence-corrected chi connectivity index (χ3v) is 2.30. The summed E-state index contributed by atoms with van der Waals surface area (Å²) in [6.45, 7) is 4.16. The second-order valence-corrected chi connectivity index (χ2v) is 3.45. The Kier molecular flexibility index (Phi) is 5.09. The van der Waals surface area contributed by atoms with Crippen LogP contribution in [0.3, 0.4) is 0 Å². The van der Waals surface area contributed by atoms with Crippen LogP contribution in [0.2, 0.25) is 0 Å². The van der Waals surface area contributed by atoms with Crippen LogP contribution in [0.1, 0.15) is 33.1 Å². The second kappa shape index (κ2) is 5.27. The summed E-state index contributed by atoms with van der Waals surface area (Å²) in [5.41, 5.74) is 4.58. The summed E-state index contributed by atoms with van der Waals surface area (Å²) >= 11 is 0. The summed E-state index contributed by atoms with van der Waals surface area (Å²) in [7, 11) is 0. The molecule has 3 nitrogen and oxygen atoms in total. The highest BCUT2D eigenvalue weighted by atomic mass is 16.3. The molecule has 0 heterocycles. The molecule has 0 aromatic rings. The van der Waals surface area contributed by atoms with Crippen LogP contribution in [-0.4, -0.2) is 23.5 Å². The summed E-state index contributed by atoms with van der Waals surface area (Å²) in [5, 5.41) is 9.79. The normalized spacial score (nSPS) is 18.3. The minimum absolute atomic E-state index is 0.0349. The molecule has 0 aliphatic rings. The van der Waals surface area contributed by atoms with Gasteiger partial charge in [0.05, 0.1) is 5.60 Å². The Morgan fingerprint density at radius 3 is 2.58 bits per heavy atom. The minimum atomic E-state index is -0.924. The maximum Gasteiger partial charge on any atom is 0.122 e. The summed E-state index contributed by atoms with van der Waals surface area (Å²) in [6, 6.07) is 0. The van der Waals surface area contributed by atoms with Gasteiger partial charge in [0, 0.05) is 12.3 Å². The molecule has 2 unspecified atom stereocenters. The van der Waals surface area contributed by atoms with Gasteiger partial charge in [-0.3, -0.25) is 0 Å². The smallest absolute Gasteiger partial charge is 0.122 e. The molecule has 72 valence electrons. The summed E-state index contributed by atoms with van der Waals surface area (Å²) < 4.78 is 0. The molecule has 3 heteroatoms. The Hall–Kier alpha value is -0.410. The van der Waals surface area contributed by atoms with E-state index in [1.165, 1.54) is 0 Å². The first-order valence-electron chi connectivity index (χ1n) is 4.44. The van der Waals surface area contributed by atoms with Crippen molar-refractivity contribution in [2.24, 2.45) is 11.7 Å². The molecule has 0 amide bonds. The van der Waals surface area contributed by atoms with Gasteiger partial charge in [0.15, 0.2) is 0 Å². The lowest BCUT2D eigenvalue weighted by molar-refractivity contribution is -0.113. The van der Waals surface area contributed by atoms with Crippen LogP contribution in [0.25, 0.3) is 0 Å².